The van der Waals surface area contributed by atoms with Crippen molar-refractivity contribution >= 4 is 5.97 Å². The van der Waals surface area contributed by atoms with Crippen molar-refractivity contribution in [2.75, 3.05) is 0 Å². The van der Waals surface area contributed by atoms with E-state index in [1.54, 1.807) is 0 Å². The van der Waals surface area contributed by atoms with Gasteiger partial charge in [-0.1, -0.05) is 0 Å². The summed E-state index contributed by atoms with van der Waals surface area (Å²) < 4.78 is 45.0. The Kier molecular flexibility index (Phi) is 3.49. The van der Waals surface area contributed by atoms with Crippen LogP contribution in [0.15, 0.2) is 12.1 Å². The molecule has 0 N–H and O–H groups in total. The maximum atomic E-state index is 13.3. The molecule has 2 saturated carbocycles. The fourth-order valence-electron chi connectivity index (χ4n) is 3.64. The molecule has 0 amide bonds. The zero-order valence-electron chi connectivity index (χ0n) is 12.8. The molecule has 0 aliphatic heterocycles. The van der Waals surface area contributed by atoms with Crippen LogP contribution in [0.1, 0.15) is 45.1 Å². The Morgan fingerprint density at radius 3 is 2.05 bits per heavy atom. The van der Waals surface area contributed by atoms with Gasteiger partial charge in [0, 0.05) is 0 Å². The van der Waals surface area contributed by atoms with Gasteiger partial charge in [0.25, 0.3) is 0 Å². The molecule has 2 aliphatic carbocycles. The Bertz CT molecular complexity index is 586. The molecule has 22 heavy (non-hydrogen) atoms. The molecule has 2 aliphatic rings. The van der Waals surface area contributed by atoms with Crippen LogP contribution >= 0.6 is 0 Å². The molecule has 1 aromatic rings. The van der Waals surface area contributed by atoms with Gasteiger partial charge in [-0.2, -0.15) is 0 Å². The quantitative estimate of drug-likeness (QED) is 0.605. The number of carbonyl (C=O) groups excluding carboxylic acids is 1. The third kappa shape index (κ3) is 2.73. The highest BCUT2D eigenvalue weighted by atomic mass is 19.2. The van der Waals surface area contributed by atoms with Crippen LogP contribution in [-0.2, 0) is 9.53 Å². The topological polar surface area (TPSA) is 26.3 Å². The summed E-state index contributed by atoms with van der Waals surface area (Å²) >= 11 is 0. The highest BCUT2D eigenvalue weighted by Gasteiger charge is 2.60. The molecule has 5 heteroatoms. The van der Waals surface area contributed by atoms with E-state index in [4.69, 9.17) is 4.74 Å². The third-order valence-electron chi connectivity index (χ3n) is 4.60. The zero-order chi connectivity index (χ0) is 16.2. The van der Waals surface area contributed by atoms with Crippen LogP contribution in [0.5, 0.6) is 0 Å². The average Bonchev–Trinajstić information content (AvgIpc) is 2.89. The summed E-state index contributed by atoms with van der Waals surface area (Å²) in [7, 11) is 0. The molecule has 120 valence electrons. The molecule has 2 unspecified atom stereocenters. The number of hydrogen-bond donors (Lipinski definition) is 0. The first-order valence-electron chi connectivity index (χ1n) is 7.54. The van der Waals surface area contributed by atoms with Crippen molar-refractivity contribution in [2.45, 2.75) is 45.1 Å². The Morgan fingerprint density at radius 2 is 1.59 bits per heavy atom. The first kappa shape index (κ1) is 15.4. The molecule has 0 saturated heterocycles. The number of esters is 1. The normalized spacial score (nSPS) is 30.1. The van der Waals surface area contributed by atoms with Gasteiger partial charge in [0.05, 0.1) is 5.92 Å². The molecule has 0 heterocycles. The van der Waals surface area contributed by atoms with Crippen LogP contribution in [0.25, 0.3) is 0 Å². The van der Waals surface area contributed by atoms with Gasteiger partial charge >= 0.3 is 5.97 Å². The van der Waals surface area contributed by atoms with Gasteiger partial charge in [0.1, 0.15) is 5.60 Å². The van der Waals surface area contributed by atoms with Gasteiger partial charge in [0.15, 0.2) is 17.5 Å². The Labute approximate surface area is 127 Å². The largest absolute Gasteiger partial charge is 0.460 e. The molecular formula is C17H19F3O2. The summed E-state index contributed by atoms with van der Waals surface area (Å²) in [6, 6.07) is 2.13. The highest BCUT2D eigenvalue weighted by Crippen LogP contribution is 2.62. The van der Waals surface area contributed by atoms with Crippen molar-refractivity contribution in [3.8, 4) is 0 Å². The van der Waals surface area contributed by atoms with Gasteiger partial charge in [0.2, 0.25) is 0 Å². The fraction of sp³-hybridized carbons (Fsp3) is 0.588. The van der Waals surface area contributed by atoms with Crippen LogP contribution in [0.3, 0.4) is 0 Å². The van der Waals surface area contributed by atoms with Crippen LogP contribution in [0, 0.1) is 35.2 Å². The van der Waals surface area contributed by atoms with Crippen molar-refractivity contribution in [3.05, 3.63) is 35.1 Å². The molecule has 0 radical (unpaired) electrons. The van der Waals surface area contributed by atoms with E-state index in [0.29, 0.717) is 18.4 Å². The average molecular weight is 312 g/mol. The maximum Gasteiger partial charge on any atom is 0.310 e. The van der Waals surface area contributed by atoms with Crippen molar-refractivity contribution in [1.82, 2.24) is 0 Å². The lowest BCUT2D eigenvalue weighted by Gasteiger charge is -2.21. The lowest BCUT2D eigenvalue weighted by atomic mass is 9.92. The van der Waals surface area contributed by atoms with Gasteiger partial charge < -0.3 is 4.74 Å². The molecular weight excluding hydrogens is 293 g/mol. The SMILES string of the molecule is CC(C)(C)OC(=O)C1[C@H]2CC(c3cc(F)c(F)c(F)c3)C[C@@H]12. The van der Waals surface area contributed by atoms with Crippen molar-refractivity contribution in [3.63, 3.8) is 0 Å². The van der Waals surface area contributed by atoms with Gasteiger partial charge in [-0.05, 0) is 69.1 Å². The predicted octanol–water partition coefficient (Wildman–Crippen LogP) is 4.19. The Balaban J connectivity index is 1.65. The van der Waals surface area contributed by atoms with Gasteiger partial charge in [-0.25, -0.2) is 13.2 Å². The van der Waals surface area contributed by atoms with E-state index in [1.165, 1.54) is 0 Å². The minimum absolute atomic E-state index is 0.0155. The predicted molar refractivity (Wildman–Crippen MR) is 74.6 cm³/mol. The molecule has 0 bridgehead atoms. The van der Waals surface area contributed by atoms with E-state index in [-0.39, 0.29) is 29.6 Å². The molecule has 2 nitrogen and oxygen atoms in total. The third-order valence-corrected chi connectivity index (χ3v) is 4.60. The summed E-state index contributed by atoms with van der Waals surface area (Å²) in [5.41, 5.74) is -0.0251. The van der Waals surface area contributed by atoms with E-state index in [1.807, 2.05) is 20.8 Å². The number of hydrogen-bond acceptors (Lipinski definition) is 2. The second-order valence-electron chi connectivity index (χ2n) is 7.35. The van der Waals surface area contributed by atoms with Crippen molar-refractivity contribution in [2.24, 2.45) is 17.8 Å². The summed E-state index contributed by atoms with van der Waals surface area (Å²) in [5.74, 6) is -3.59. The monoisotopic (exact) mass is 312 g/mol. The molecule has 3 rings (SSSR count). The highest BCUT2D eigenvalue weighted by molar-refractivity contribution is 5.77. The maximum absolute atomic E-state index is 13.3. The summed E-state index contributed by atoms with van der Waals surface area (Å²) in [5, 5.41) is 0. The van der Waals surface area contributed by atoms with E-state index in [2.05, 4.69) is 0 Å². The number of ether oxygens (including phenoxy) is 1. The minimum atomic E-state index is -1.43. The van der Waals surface area contributed by atoms with Gasteiger partial charge in [-0.15, -0.1) is 0 Å². The zero-order valence-corrected chi connectivity index (χ0v) is 12.8. The number of rotatable bonds is 2. The number of halogens is 3. The Morgan fingerprint density at radius 1 is 1.09 bits per heavy atom. The van der Waals surface area contributed by atoms with E-state index in [9.17, 15) is 18.0 Å². The summed E-state index contributed by atoms with van der Waals surface area (Å²) in [6.07, 6.45) is 1.39. The Hall–Kier alpha value is -1.52. The summed E-state index contributed by atoms with van der Waals surface area (Å²) in [4.78, 5) is 12.0. The van der Waals surface area contributed by atoms with Crippen LogP contribution in [0.4, 0.5) is 13.2 Å². The number of carbonyl (C=O) groups is 1. The van der Waals surface area contributed by atoms with Crippen LogP contribution < -0.4 is 0 Å². The molecule has 4 atom stereocenters. The standard InChI is InChI=1S/C17H19F3O2/c1-17(2,3)22-16(21)14-10-4-8(5-11(10)14)9-6-12(18)15(20)13(19)7-9/h6-8,10-11,14H,4-5H2,1-3H3/t8?,10-,11+,14?. The number of fused-ring (bicyclic) bond motifs is 1. The number of benzene rings is 1. The lowest BCUT2D eigenvalue weighted by Crippen LogP contribution is -2.26. The minimum Gasteiger partial charge on any atom is -0.460 e. The summed E-state index contributed by atoms with van der Waals surface area (Å²) in [6.45, 7) is 5.49. The first-order chi connectivity index (χ1) is 10.2. The second-order valence-corrected chi connectivity index (χ2v) is 7.35. The first-order valence-corrected chi connectivity index (χ1v) is 7.54. The van der Waals surface area contributed by atoms with E-state index >= 15 is 0 Å². The fourth-order valence-corrected chi connectivity index (χ4v) is 3.64. The van der Waals surface area contributed by atoms with Crippen LogP contribution in [-0.4, -0.2) is 11.6 Å². The molecule has 1 aromatic carbocycles. The second kappa shape index (κ2) is 5.00. The smallest absolute Gasteiger partial charge is 0.310 e. The van der Waals surface area contributed by atoms with Crippen molar-refractivity contribution in [1.29, 1.82) is 0 Å². The lowest BCUT2D eigenvalue weighted by molar-refractivity contribution is -0.157. The van der Waals surface area contributed by atoms with Crippen LogP contribution in [0.2, 0.25) is 0 Å². The molecule has 0 aromatic heterocycles. The molecule has 2 fully saturated rings. The van der Waals surface area contributed by atoms with E-state index in [0.717, 1.165) is 12.1 Å². The van der Waals surface area contributed by atoms with Gasteiger partial charge in [-0.3, -0.25) is 4.79 Å². The van der Waals surface area contributed by atoms with E-state index < -0.39 is 23.1 Å². The van der Waals surface area contributed by atoms with Crippen molar-refractivity contribution < 1.29 is 22.7 Å². The molecule has 0 spiro atoms.